The van der Waals surface area contributed by atoms with Gasteiger partial charge in [0.15, 0.2) is 5.82 Å². The number of hydrogen-bond donors (Lipinski definition) is 2. The van der Waals surface area contributed by atoms with Crippen LogP contribution in [0.25, 0.3) is 0 Å². The number of halogens is 1. The first kappa shape index (κ1) is 16.9. The summed E-state index contributed by atoms with van der Waals surface area (Å²) in [5.74, 6) is 1.60. The van der Waals surface area contributed by atoms with Gasteiger partial charge < -0.3 is 15.6 Å². The van der Waals surface area contributed by atoms with Crippen LogP contribution in [-0.2, 0) is 4.79 Å². The molecule has 1 saturated carbocycles. The van der Waals surface area contributed by atoms with E-state index in [4.69, 9.17) is 10.3 Å². The van der Waals surface area contributed by atoms with Gasteiger partial charge in [-0.15, -0.1) is 12.4 Å². The second-order valence-corrected chi connectivity index (χ2v) is 5.63. The number of aromatic nitrogens is 2. The Balaban J connectivity index is 0.00000200. The van der Waals surface area contributed by atoms with Crippen LogP contribution in [0, 0.1) is 11.8 Å². The first-order chi connectivity index (χ1) is 9.02. The van der Waals surface area contributed by atoms with Gasteiger partial charge in [0.25, 0.3) is 0 Å². The summed E-state index contributed by atoms with van der Waals surface area (Å²) in [6.07, 6.45) is 2.25. The van der Waals surface area contributed by atoms with Crippen molar-refractivity contribution in [1.82, 2.24) is 15.5 Å². The smallest absolute Gasteiger partial charge is 0.249 e. The molecule has 1 aromatic heterocycles. The zero-order valence-corrected chi connectivity index (χ0v) is 12.9. The Kier molecular flexibility index (Phi) is 5.95. The molecule has 114 valence electrons. The normalized spacial score (nSPS) is 17.4. The monoisotopic (exact) mass is 302 g/mol. The summed E-state index contributed by atoms with van der Waals surface area (Å²) in [6.45, 7) is 6.15. The lowest BCUT2D eigenvalue weighted by atomic mass is 10.0. The molecule has 0 spiro atoms. The van der Waals surface area contributed by atoms with Crippen molar-refractivity contribution in [2.45, 2.75) is 45.6 Å². The molecule has 0 aliphatic heterocycles. The Morgan fingerprint density at radius 1 is 1.45 bits per heavy atom. The number of rotatable bonds is 6. The summed E-state index contributed by atoms with van der Waals surface area (Å²) < 4.78 is 5.30. The molecule has 2 rings (SSSR count). The number of carbonyl (C=O) groups is 1. The van der Waals surface area contributed by atoms with Gasteiger partial charge in [-0.1, -0.05) is 25.9 Å². The maximum atomic E-state index is 11.9. The molecule has 0 bridgehead atoms. The highest BCUT2D eigenvalue weighted by Crippen LogP contribution is 2.38. The lowest BCUT2D eigenvalue weighted by molar-refractivity contribution is -0.125. The van der Waals surface area contributed by atoms with E-state index in [-0.39, 0.29) is 36.2 Å². The van der Waals surface area contributed by atoms with Crippen LogP contribution in [0.15, 0.2) is 4.52 Å². The van der Waals surface area contributed by atoms with E-state index in [0.717, 1.165) is 18.7 Å². The van der Waals surface area contributed by atoms with E-state index in [1.54, 1.807) is 6.92 Å². The van der Waals surface area contributed by atoms with Gasteiger partial charge in [0.1, 0.15) is 6.04 Å². The van der Waals surface area contributed by atoms with Crippen molar-refractivity contribution >= 4 is 18.3 Å². The SMILES string of the molecule is CC(CN)C(=O)NC(c1nc(C2CC2)no1)C(C)C.Cl. The van der Waals surface area contributed by atoms with E-state index in [2.05, 4.69) is 15.5 Å². The largest absolute Gasteiger partial charge is 0.344 e. The van der Waals surface area contributed by atoms with Crippen LogP contribution in [0.1, 0.15) is 57.3 Å². The standard InChI is InChI=1S/C13H22N4O2.ClH/c1-7(2)10(15-12(18)8(3)6-14)13-16-11(17-19-13)9-4-5-9;/h7-10H,4-6,14H2,1-3H3,(H,15,18);1H. The number of nitrogens with two attached hydrogens (primary N) is 1. The van der Waals surface area contributed by atoms with Crippen LogP contribution in [0.5, 0.6) is 0 Å². The summed E-state index contributed by atoms with van der Waals surface area (Å²) in [6, 6.07) is -0.249. The number of nitrogens with zero attached hydrogens (tertiary/aromatic N) is 2. The zero-order valence-electron chi connectivity index (χ0n) is 12.1. The van der Waals surface area contributed by atoms with Crippen LogP contribution in [0.4, 0.5) is 0 Å². The third-order valence-corrected chi connectivity index (χ3v) is 3.43. The summed E-state index contributed by atoms with van der Waals surface area (Å²) in [4.78, 5) is 16.3. The van der Waals surface area contributed by atoms with Crippen molar-refractivity contribution in [3.05, 3.63) is 11.7 Å². The van der Waals surface area contributed by atoms with Crippen LogP contribution in [0.2, 0.25) is 0 Å². The third-order valence-electron chi connectivity index (χ3n) is 3.43. The van der Waals surface area contributed by atoms with Gasteiger partial charge in [0, 0.05) is 18.4 Å². The molecule has 0 aromatic carbocycles. The summed E-state index contributed by atoms with van der Waals surface area (Å²) in [7, 11) is 0. The molecule has 1 aliphatic rings. The Labute approximate surface area is 125 Å². The second kappa shape index (κ2) is 7.04. The fourth-order valence-electron chi connectivity index (χ4n) is 1.80. The molecule has 1 heterocycles. The average molecular weight is 303 g/mol. The maximum absolute atomic E-state index is 11.9. The van der Waals surface area contributed by atoms with E-state index < -0.39 is 0 Å². The van der Waals surface area contributed by atoms with Gasteiger partial charge in [0.05, 0.1) is 0 Å². The van der Waals surface area contributed by atoms with Crippen LogP contribution < -0.4 is 11.1 Å². The maximum Gasteiger partial charge on any atom is 0.249 e. The van der Waals surface area contributed by atoms with Crippen LogP contribution in [-0.4, -0.2) is 22.6 Å². The molecule has 0 saturated heterocycles. The number of nitrogens with one attached hydrogen (secondary N) is 1. The Hall–Kier alpha value is -1.14. The summed E-state index contributed by atoms with van der Waals surface area (Å²) in [5.41, 5.74) is 5.50. The molecule has 1 aliphatic carbocycles. The van der Waals surface area contributed by atoms with E-state index in [0.29, 0.717) is 18.4 Å². The molecule has 1 fully saturated rings. The van der Waals surface area contributed by atoms with E-state index in [9.17, 15) is 4.79 Å². The van der Waals surface area contributed by atoms with Crippen molar-refractivity contribution in [2.75, 3.05) is 6.54 Å². The van der Waals surface area contributed by atoms with E-state index in [1.165, 1.54) is 0 Å². The summed E-state index contributed by atoms with van der Waals surface area (Å²) >= 11 is 0. The minimum Gasteiger partial charge on any atom is -0.344 e. The lowest BCUT2D eigenvalue weighted by Crippen LogP contribution is -2.38. The fraction of sp³-hybridized carbons (Fsp3) is 0.769. The van der Waals surface area contributed by atoms with Gasteiger partial charge in [-0.05, 0) is 18.8 Å². The first-order valence-corrected chi connectivity index (χ1v) is 6.86. The molecule has 7 heteroatoms. The zero-order chi connectivity index (χ0) is 14.0. The van der Waals surface area contributed by atoms with Gasteiger partial charge in [-0.25, -0.2) is 0 Å². The molecule has 20 heavy (non-hydrogen) atoms. The molecule has 1 aromatic rings. The minimum absolute atomic E-state index is 0. The Morgan fingerprint density at radius 2 is 2.10 bits per heavy atom. The van der Waals surface area contributed by atoms with E-state index >= 15 is 0 Å². The minimum atomic E-state index is -0.249. The van der Waals surface area contributed by atoms with Crippen molar-refractivity contribution in [3.8, 4) is 0 Å². The molecule has 6 nitrogen and oxygen atoms in total. The summed E-state index contributed by atoms with van der Waals surface area (Å²) in [5, 5.41) is 6.93. The highest BCUT2D eigenvalue weighted by molar-refractivity contribution is 5.85. The van der Waals surface area contributed by atoms with Crippen molar-refractivity contribution in [3.63, 3.8) is 0 Å². The average Bonchev–Trinajstić information content (AvgIpc) is 3.13. The molecular weight excluding hydrogens is 280 g/mol. The predicted molar refractivity (Wildman–Crippen MR) is 77.5 cm³/mol. The Bertz CT molecular complexity index is 445. The highest BCUT2D eigenvalue weighted by Gasteiger charge is 2.31. The van der Waals surface area contributed by atoms with Crippen molar-refractivity contribution in [2.24, 2.45) is 17.6 Å². The molecule has 1 amide bonds. The van der Waals surface area contributed by atoms with Gasteiger partial charge in [-0.2, -0.15) is 4.98 Å². The predicted octanol–water partition coefficient (Wildman–Crippen LogP) is 1.78. The fourth-order valence-corrected chi connectivity index (χ4v) is 1.80. The second-order valence-electron chi connectivity index (χ2n) is 5.63. The van der Waals surface area contributed by atoms with Gasteiger partial charge in [0.2, 0.25) is 11.8 Å². The molecule has 2 atom stereocenters. The van der Waals surface area contributed by atoms with Gasteiger partial charge >= 0.3 is 0 Å². The Morgan fingerprint density at radius 3 is 2.60 bits per heavy atom. The van der Waals surface area contributed by atoms with Crippen molar-refractivity contribution < 1.29 is 9.32 Å². The first-order valence-electron chi connectivity index (χ1n) is 6.86. The number of hydrogen-bond acceptors (Lipinski definition) is 5. The van der Waals surface area contributed by atoms with Crippen LogP contribution >= 0.6 is 12.4 Å². The highest BCUT2D eigenvalue weighted by atomic mass is 35.5. The topological polar surface area (TPSA) is 94.0 Å². The number of carbonyl (C=O) groups excluding carboxylic acids is 1. The molecule has 3 N–H and O–H groups in total. The quantitative estimate of drug-likeness (QED) is 0.835. The van der Waals surface area contributed by atoms with Gasteiger partial charge in [-0.3, -0.25) is 4.79 Å². The molecular formula is C13H23ClN4O2. The number of amides is 1. The molecule has 2 unspecified atom stereocenters. The third kappa shape index (κ3) is 3.93. The van der Waals surface area contributed by atoms with E-state index in [1.807, 2.05) is 13.8 Å². The molecule has 0 radical (unpaired) electrons. The van der Waals surface area contributed by atoms with Crippen molar-refractivity contribution in [1.29, 1.82) is 0 Å². The van der Waals surface area contributed by atoms with Crippen LogP contribution in [0.3, 0.4) is 0 Å². The lowest BCUT2D eigenvalue weighted by Gasteiger charge is -2.20.